The summed E-state index contributed by atoms with van der Waals surface area (Å²) in [6, 6.07) is 3.94. The summed E-state index contributed by atoms with van der Waals surface area (Å²) in [5.74, 6) is -1.89. The van der Waals surface area contributed by atoms with E-state index in [4.69, 9.17) is 5.26 Å². The van der Waals surface area contributed by atoms with E-state index in [1.807, 2.05) is 11.0 Å². The molecule has 1 saturated heterocycles. The van der Waals surface area contributed by atoms with E-state index in [1.165, 1.54) is 0 Å². The van der Waals surface area contributed by atoms with E-state index in [-0.39, 0.29) is 18.0 Å². The molecule has 0 bridgehead atoms. The zero-order valence-electron chi connectivity index (χ0n) is 9.04. The second-order valence-corrected chi connectivity index (χ2v) is 3.63. The summed E-state index contributed by atoms with van der Waals surface area (Å²) >= 11 is 0. The van der Waals surface area contributed by atoms with Crippen LogP contribution in [0.4, 0.5) is 14.5 Å². The second kappa shape index (κ2) is 5.80. The number of hydrogen-bond acceptors (Lipinski definition) is 3. The molecule has 0 aliphatic carbocycles. The third kappa shape index (κ3) is 2.84. The van der Waals surface area contributed by atoms with Gasteiger partial charge in [-0.1, -0.05) is 0 Å². The number of rotatable bonds is 1. The van der Waals surface area contributed by atoms with Gasteiger partial charge in [0.25, 0.3) is 0 Å². The Labute approximate surface area is 104 Å². The van der Waals surface area contributed by atoms with E-state index < -0.39 is 11.6 Å². The summed E-state index contributed by atoms with van der Waals surface area (Å²) in [4.78, 5) is 1.89. The van der Waals surface area contributed by atoms with Crippen LogP contribution in [0.25, 0.3) is 0 Å². The standard InChI is InChI=1S/C11H11F2N3.ClH/c12-9-5-8(7-14)11(6-10(9)13)16-3-1-15-2-4-16;/h5-6,15H,1-4H2;1H. The highest BCUT2D eigenvalue weighted by molar-refractivity contribution is 5.85. The monoisotopic (exact) mass is 259 g/mol. The normalized spacial score (nSPS) is 15.0. The van der Waals surface area contributed by atoms with Crippen LogP contribution in [-0.2, 0) is 0 Å². The van der Waals surface area contributed by atoms with Crippen molar-refractivity contribution in [3.63, 3.8) is 0 Å². The molecule has 1 aromatic rings. The molecule has 0 aromatic heterocycles. The third-order valence-electron chi connectivity index (χ3n) is 2.62. The maximum Gasteiger partial charge on any atom is 0.160 e. The van der Waals surface area contributed by atoms with Gasteiger partial charge in [-0.3, -0.25) is 0 Å². The fraction of sp³-hybridized carbons (Fsp3) is 0.364. The van der Waals surface area contributed by atoms with Crippen molar-refractivity contribution in [3.05, 3.63) is 29.3 Å². The van der Waals surface area contributed by atoms with Crippen molar-refractivity contribution in [2.75, 3.05) is 31.1 Å². The van der Waals surface area contributed by atoms with Gasteiger partial charge >= 0.3 is 0 Å². The van der Waals surface area contributed by atoms with Gasteiger partial charge in [-0.2, -0.15) is 5.26 Å². The van der Waals surface area contributed by atoms with E-state index in [0.29, 0.717) is 18.8 Å². The van der Waals surface area contributed by atoms with Gasteiger partial charge in [0, 0.05) is 32.2 Å². The predicted octanol–water partition coefficient (Wildman–Crippen LogP) is 1.67. The second-order valence-electron chi connectivity index (χ2n) is 3.63. The molecule has 1 fully saturated rings. The third-order valence-corrected chi connectivity index (χ3v) is 2.62. The van der Waals surface area contributed by atoms with Gasteiger partial charge in [-0.05, 0) is 6.07 Å². The van der Waals surface area contributed by atoms with Crippen LogP contribution in [0, 0.1) is 23.0 Å². The van der Waals surface area contributed by atoms with Gasteiger partial charge in [-0.25, -0.2) is 8.78 Å². The average molecular weight is 260 g/mol. The molecular weight excluding hydrogens is 248 g/mol. The molecule has 1 N–H and O–H groups in total. The Bertz CT molecular complexity index is 439. The van der Waals surface area contributed by atoms with Crippen LogP contribution in [0.5, 0.6) is 0 Å². The van der Waals surface area contributed by atoms with Gasteiger partial charge in [0.05, 0.1) is 11.3 Å². The molecule has 6 heteroatoms. The molecule has 0 radical (unpaired) electrons. The zero-order chi connectivity index (χ0) is 11.5. The fourth-order valence-corrected chi connectivity index (χ4v) is 1.79. The van der Waals surface area contributed by atoms with Crippen molar-refractivity contribution in [1.29, 1.82) is 5.26 Å². The van der Waals surface area contributed by atoms with Crippen molar-refractivity contribution in [2.24, 2.45) is 0 Å². The summed E-state index contributed by atoms with van der Waals surface area (Å²) in [5.41, 5.74) is 0.656. The largest absolute Gasteiger partial charge is 0.368 e. The van der Waals surface area contributed by atoms with Crippen molar-refractivity contribution in [1.82, 2.24) is 5.32 Å². The molecule has 1 aliphatic rings. The van der Waals surface area contributed by atoms with E-state index in [9.17, 15) is 8.78 Å². The van der Waals surface area contributed by atoms with E-state index >= 15 is 0 Å². The lowest BCUT2D eigenvalue weighted by atomic mass is 10.1. The van der Waals surface area contributed by atoms with Crippen LogP contribution in [-0.4, -0.2) is 26.2 Å². The molecular formula is C11H12ClF2N3. The van der Waals surface area contributed by atoms with Gasteiger partial charge in [0.2, 0.25) is 0 Å². The average Bonchev–Trinajstić information content (AvgIpc) is 2.33. The first-order chi connectivity index (χ1) is 7.72. The number of anilines is 1. The molecule has 3 nitrogen and oxygen atoms in total. The van der Waals surface area contributed by atoms with E-state index in [2.05, 4.69) is 5.32 Å². The lowest BCUT2D eigenvalue weighted by Crippen LogP contribution is -2.43. The summed E-state index contributed by atoms with van der Waals surface area (Å²) in [6.45, 7) is 2.95. The topological polar surface area (TPSA) is 39.1 Å². The Morgan fingerprint density at radius 3 is 2.35 bits per heavy atom. The minimum absolute atomic E-state index is 0. The Balaban J connectivity index is 0.00000144. The van der Waals surface area contributed by atoms with Crippen molar-refractivity contribution < 1.29 is 8.78 Å². The molecule has 0 amide bonds. The zero-order valence-corrected chi connectivity index (χ0v) is 9.86. The summed E-state index contributed by atoms with van der Waals surface area (Å²) in [7, 11) is 0. The number of hydrogen-bond donors (Lipinski definition) is 1. The van der Waals surface area contributed by atoms with Gasteiger partial charge in [0.1, 0.15) is 6.07 Å². The molecule has 0 spiro atoms. The molecule has 0 atom stereocenters. The Hall–Kier alpha value is -1.38. The lowest BCUT2D eigenvalue weighted by molar-refractivity contribution is 0.506. The summed E-state index contributed by atoms with van der Waals surface area (Å²) in [6.07, 6.45) is 0. The van der Waals surface area contributed by atoms with Crippen LogP contribution in [0.1, 0.15) is 5.56 Å². The number of nitriles is 1. The first-order valence-electron chi connectivity index (χ1n) is 5.07. The Morgan fingerprint density at radius 1 is 1.18 bits per heavy atom. The molecule has 2 rings (SSSR count). The van der Waals surface area contributed by atoms with Crippen LogP contribution in [0.3, 0.4) is 0 Å². The maximum absolute atomic E-state index is 13.1. The van der Waals surface area contributed by atoms with Gasteiger partial charge in [0.15, 0.2) is 11.6 Å². The summed E-state index contributed by atoms with van der Waals surface area (Å²) in [5, 5.41) is 12.0. The number of nitrogens with one attached hydrogen (secondary N) is 1. The van der Waals surface area contributed by atoms with Crippen LogP contribution < -0.4 is 10.2 Å². The van der Waals surface area contributed by atoms with Gasteiger partial charge < -0.3 is 10.2 Å². The van der Waals surface area contributed by atoms with Crippen LogP contribution >= 0.6 is 12.4 Å². The van der Waals surface area contributed by atoms with Crippen molar-refractivity contribution in [3.8, 4) is 6.07 Å². The smallest absolute Gasteiger partial charge is 0.160 e. The van der Waals surface area contributed by atoms with Crippen molar-refractivity contribution in [2.45, 2.75) is 0 Å². The first kappa shape index (κ1) is 13.7. The summed E-state index contributed by atoms with van der Waals surface area (Å²) < 4.78 is 26.1. The van der Waals surface area contributed by atoms with E-state index in [0.717, 1.165) is 25.2 Å². The molecule has 17 heavy (non-hydrogen) atoms. The fourth-order valence-electron chi connectivity index (χ4n) is 1.79. The van der Waals surface area contributed by atoms with Crippen molar-refractivity contribution >= 4 is 18.1 Å². The highest BCUT2D eigenvalue weighted by Gasteiger charge is 2.17. The quantitative estimate of drug-likeness (QED) is 0.834. The Morgan fingerprint density at radius 2 is 1.76 bits per heavy atom. The number of halogens is 3. The Kier molecular flexibility index (Phi) is 4.67. The first-order valence-corrected chi connectivity index (χ1v) is 5.07. The predicted molar refractivity (Wildman–Crippen MR) is 63.4 cm³/mol. The molecule has 0 saturated carbocycles. The molecule has 1 heterocycles. The number of piperazine rings is 1. The van der Waals surface area contributed by atoms with E-state index in [1.54, 1.807) is 0 Å². The van der Waals surface area contributed by atoms with Crippen LogP contribution in [0.2, 0.25) is 0 Å². The minimum Gasteiger partial charge on any atom is -0.368 e. The number of nitrogens with zero attached hydrogens (tertiary/aromatic N) is 2. The van der Waals surface area contributed by atoms with Gasteiger partial charge in [-0.15, -0.1) is 12.4 Å². The highest BCUT2D eigenvalue weighted by atomic mass is 35.5. The molecule has 0 unspecified atom stereocenters. The van der Waals surface area contributed by atoms with Crippen LogP contribution in [0.15, 0.2) is 12.1 Å². The maximum atomic E-state index is 13.1. The SMILES string of the molecule is Cl.N#Cc1cc(F)c(F)cc1N1CCNCC1. The number of benzene rings is 1. The minimum atomic E-state index is -0.976. The lowest BCUT2D eigenvalue weighted by Gasteiger charge is -2.30. The molecule has 92 valence electrons. The molecule has 1 aliphatic heterocycles. The molecule has 1 aromatic carbocycles. The highest BCUT2D eigenvalue weighted by Crippen LogP contribution is 2.23.